The number of piperidine rings is 1. The fourth-order valence-electron chi connectivity index (χ4n) is 3.64. The van der Waals surface area contributed by atoms with Gasteiger partial charge in [-0.3, -0.25) is 9.69 Å². The number of carbonyl (C=O) groups excluding carboxylic acids is 1. The zero-order valence-corrected chi connectivity index (χ0v) is 16.7. The molecule has 0 saturated carbocycles. The SMILES string of the molecule is CCc1ccc(NC(=O)C2CCN(Cc3nc(-c4ccccc4)no3)CC2)cc1. The number of anilines is 1. The lowest BCUT2D eigenvalue weighted by molar-refractivity contribution is -0.121. The molecule has 0 atom stereocenters. The molecule has 3 aromatic rings. The largest absolute Gasteiger partial charge is 0.338 e. The van der Waals surface area contributed by atoms with Crippen molar-refractivity contribution in [2.45, 2.75) is 32.7 Å². The van der Waals surface area contributed by atoms with Crippen LogP contribution in [0.2, 0.25) is 0 Å². The summed E-state index contributed by atoms with van der Waals surface area (Å²) >= 11 is 0. The summed E-state index contributed by atoms with van der Waals surface area (Å²) in [7, 11) is 0. The normalized spacial score (nSPS) is 15.3. The Kier molecular flexibility index (Phi) is 6.00. The van der Waals surface area contributed by atoms with E-state index in [0.29, 0.717) is 18.3 Å². The van der Waals surface area contributed by atoms with Crippen molar-refractivity contribution in [3.8, 4) is 11.4 Å². The van der Waals surface area contributed by atoms with E-state index in [2.05, 4.69) is 39.4 Å². The van der Waals surface area contributed by atoms with E-state index in [9.17, 15) is 4.79 Å². The highest BCUT2D eigenvalue weighted by Crippen LogP contribution is 2.22. The molecule has 1 aliphatic rings. The first-order valence-electron chi connectivity index (χ1n) is 10.2. The van der Waals surface area contributed by atoms with Crippen molar-refractivity contribution in [2.75, 3.05) is 18.4 Å². The number of benzene rings is 2. The Hall–Kier alpha value is -2.99. The molecule has 1 amide bonds. The van der Waals surface area contributed by atoms with E-state index in [1.807, 2.05) is 42.5 Å². The summed E-state index contributed by atoms with van der Waals surface area (Å²) in [5.41, 5.74) is 3.09. The topological polar surface area (TPSA) is 71.3 Å². The van der Waals surface area contributed by atoms with Crippen LogP contribution in [-0.2, 0) is 17.8 Å². The lowest BCUT2D eigenvalue weighted by Gasteiger charge is -2.30. The van der Waals surface area contributed by atoms with Gasteiger partial charge in [-0.1, -0.05) is 54.5 Å². The summed E-state index contributed by atoms with van der Waals surface area (Å²) in [5, 5.41) is 7.13. The summed E-state index contributed by atoms with van der Waals surface area (Å²) in [5.74, 6) is 1.38. The summed E-state index contributed by atoms with van der Waals surface area (Å²) < 4.78 is 5.41. The average Bonchev–Trinajstić information content (AvgIpc) is 3.24. The molecule has 1 aromatic heterocycles. The summed E-state index contributed by atoms with van der Waals surface area (Å²) in [6.07, 6.45) is 2.66. The zero-order valence-electron chi connectivity index (χ0n) is 16.7. The fraction of sp³-hybridized carbons (Fsp3) is 0.348. The van der Waals surface area contributed by atoms with Gasteiger partial charge in [0.2, 0.25) is 17.6 Å². The van der Waals surface area contributed by atoms with Crippen molar-refractivity contribution in [1.82, 2.24) is 15.0 Å². The van der Waals surface area contributed by atoms with Gasteiger partial charge in [-0.05, 0) is 50.0 Å². The number of amides is 1. The molecular formula is C23H26N4O2. The van der Waals surface area contributed by atoms with Crippen LogP contribution < -0.4 is 5.32 Å². The molecular weight excluding hydrogens is 364 g/mol. The van der Waals surface area contributed by atoms with Crippen molar-refractivity contribution >= 4 is 11.6 Å². The van der Waals surface area contributed by atoms with Gasteiger partial charge >= 0.3 is 0 Å². The van der Waals surface area contributed by atoms with Crippen LogP contribution in [0, 0.1) is 5.92 Å². The molecule has 29 heavy (non-hydrogen) atoms. The van der Waals surface area contributed by atoms with Gasteiger partial charge in [0, 0.05) is 17.2 Å². The third-order valence-corrected chi connectivity index (χ3v) is 5.45. The van der Waals surface area contributed by atoms with E-state index in [1.165, 1.54) is 5.56 Å². The lowest BCUT2D eigenvalue weighted by Crippen LogP contribution is -2.37. The Morgan fingerprint density at radius 1 is 1.10 bits per heavy atom. The van der Waals surface area contributed by atoms with Gasteiger partial charge in [0.25, 0.3) is 0 Å². The zero-order chi connectivity index (χ0) is 20.1. The Morgan fingerprint density at radius 2 is 1.83 bits per heavy atom. The Bertz CT molecular complexity index is 929. The highest BCUT2D eigenvalue weighted by atomic mass is 16.5. The number of aryl methyl sites for hydroxylation is 1. The highest BCUT2D eigenvalue weighted by molar-refractivity contribution is 5.92. The van der Waals surface area contributed by atoms with Crippen molar-refractivity contribution < 1.29 is 9.32 Å². The molecule has 150 valence electrons. The van der Waals surface area contributed by atoms with Gasteiger partial charge in [-0.25, -0.2) is 0 Å². The van der Waals surface area contributed by atoms with Gasteiger partial charge in [0.05, 0.1) is 6.54 Å². The minimum atomic E-state index is 0.0414. The highest BCUT2D eigenvalue weighted by Gasteiger charge is 2.26. The number of nitrogens with one attached hydrogen (secondary N) is 1. The van der Waals surface area contributed by atoms with Crippen LogP contribution in [-0.4, -0.2) is 34.0 Å². The Balaban J connectivity index is 1.27. The summed E-state index contributed by atoms with van der Waals surface area (Å²) in [6, 6.07) is 17.9. The van der Waals surface area contributed by atoms with Crippen LogP contribution in [0.5, 0.6) is 0 Å². The van der Waals surface area contributed by atoms with Gasteiger partial charge < -0.3 is 9.84 Å². The smallest absolute Gasteiger partial charge is 0.241 e. The first-order chi connectivity index (χ1) is 14.2. The van der Waals surface area contributed by atoms with Gasteiger partial charge in [-0.2, -0.15) is 4.98 Å². The average molecular weight is 390 g/mol. The standard InChI is InChI=1S/C23H26N4O2/c1-2-17-8-10-20(11-9-17)24-23(28)19-12-14-27(15-13-19)16-21-25-22(26-29-21)18-6-4-3-5-7-18/h3-11,19H,2,12-16H2,1H3,(H,24,28). The molecule has 1 fully saturated rings. The van der Waals surface area contributed by atoms with Gasteiger partial charge in [0.1, 0.15) is 0 Å². The third kappa shape index (κ3) is 4.90. The van der Waals surface area contributed by atoms with Crippen LogP contribution in [0.3, 0.4) is 0 Å². The van der Waals surface area contributed by atoms with Gasteiger partial charge in [0.15, 0.2) is 0 Å². The molecule has 0 spiro atoms. The maximum Gasteiger partial charge on any atom is 0.241 e. The summed E-state index contributed by atoms with van der Waals surface area (Å²) in [6.45, 7) is 4.43. The second-order valence-corrected chi connectivity index (χ2v) is 7.47. The van der Waals surface area contributed by atoms with E-state index < -0.39 is 0 Å². The predicted molar refractivity (Wildman–Crippen MR) is 112 cm³/mol. The third-order valence-electron chi connectivity index (χ3n) is 5.45. The molecule has 0 aliphatic carbocycles. The van der Waals surface area contributed by atoms with Crippen LogP contribution in [0.15, 0.2) is 59.1 Å². The Morgan fingerprint density at radius 3 is 2.52 bits per heavy atom. The van der Waals surface area contributed by atoms with Crippen LogP contribution >= 0.6 is 0 Å². The molecule has 1 N–H and O–H groups in total. The monoisotopic (exact) mass is 390 g/mol. The number of rotatable bonds is 6. The first kappa shape index (κ1) is 19.3. The number of carbonyl (C=O) groups is 1. The Labute approximate surface area is 170 Å². The number of hydrogen-bond acceptors (Lipinski definition) is 5. The molecule has 6 nitrogen and oxygen atoms in total. The van der Waals surface area contributed by atoms with E-state index in [-0.39, 0.29) is 11.8 Å². The van der Waals surface area contributed by atoms with Crippen LogP contribution in [0.4, 0.5) is 5.69 Å². The number of hydrogen-bond donors (Lipinski definition) is 1. The fourth-order valence-corrected chi connectivity index (χ4v) is 3.64. The molecule has 6 heteroatoms. The van der Waals surface area contributed by atoms with Gasteiger partial charge in [-0.15, -0.1) is 0 Å². The van der Waals surface area contributed by atoms with Crippen LogP contribution in [0.1, 0.15) is 31.2 Å². The van der Waals surface area contributed by atoms with E-state index in [1.54, 1.807) is 0 Å². The first-order valence-corrected chi connectivity index (χ1v) is 10.2. The second-order valence-electron chi connectivity index (χ2n) is 7.47. The van der Waals surface area contributed by atoms with E-state index in [0.717, 1.165) is 43.6 Å². The minimum absolute atomic E-state index is 0.0414. The second kappa shape index (κ2) is 9.01. The van der Waals surface area contributed by atoms with Crippen molar-refractivity contribution in [3.05, 3.63) is 66.1 Å². The number of likely N-dealkylation sites (tertiary alicyclic amines) is 1. The summed E-state index contributed by atoms with van der Waals surface area (Å²) in [4.78, 5) is 19.3. The van der Waals surface area contributed by atoms with E-state index in [4.69, 9.17) is 4.52 Å². The maximum absolute atomic E-state index is 12.6. The quantitative estimate of drug-likeness (QED) is 0.685. The lowest BCUT2D eigenvalue weighted by atomic mass is 9.96. The molecule has 4 rings (SSSR count). The van der Waals surface area contributed by atoms with Crippen molar-refractivity contribution in [2.24, 2.45) is 5.92 Å². The molecule has 0 bridgehead atoms. The molecule has 0 unspecified atom stereocenters. The molecule has 2 heterocycles. The van der Waals surface area contributed by atoms with E-state index >= 15 is 0 Å². The number of aromatic nitrogens is 2. The minimum Gasteiger partial charge on any atom is -0.338 e. The molecule has 1 saturated heterocycles. The van der Waals surface area contributed by atoms with Crippen LogP contribution in [0.25, 0.3) is 11.4 Å². The molecule has 1 aliphatic heterocycles. The van der Waals surface area contributed by atoms with Crippen molar-refractivity contribution in [1.29, 1.82) is 0 Å². The number of nitrogens with zero attached hydrogens (tertiary/aromatic N) is 3. The molecule has 0 radical (unpaired) electrons. The molecule has 2 aromatic carbocycles. The maximum atomic E-state index is 12.6. The van der Waals surface area contributed by atoms with Crippen molar-refractivity contribution in [3.63, 3.8) is 0 Å². The predicted octanol–water partition coefficient (Wildman–Crippen LogP) is 4.15.